The molecular weight excluding hydrogens is 468 g/mol. The first-order chi connectivity index (χ1) is 17.3. The van der Waals surface area contributed by atoms with Crippen molar-refractivity contribution in [2.45, 2.75) is 50.9 Å². The van der Waals surface area contributed by atoms with Crippen LogP contribution in [0.5, 0.6) is 11.5 Å². The van der Waals surface area contributed by atoms with Gasteiger partial charge in [0.2, 0.25) is 11.8 Å². The van der Waals surface area contributed by atoms with Crippen LogP contribution < -0.4 is 14.8 Å². The van der Waals surface area contributed by atoms with Crippen molar-refractivity contribution < 1.29 is 38.8 Å². The highest BCUT2D eigenvalue weighted by Gasteiger charge is 2.51. The number of nitrogens with zero attached hydrogens (tertiary/aromatic N) is 1. The van der Waals surface area contributed by atoms with E-state index in [1.807, 2.05) is 13.8 Å². The second-order valence-electron chi connectivity index (χ2n) is 9.41. The van der Waals surface area contributed by atoms with Crippen LogP contribution in [-0.4, -0.2) is 92.0 Å². The normalized spacial score (nSPS) is 22.2. The maximum Gasteiger partial charge on any atom is 0.247 e. The molecule has 1 heterocycles. The topological polar surface area (TPSA) is 135 Å². The van der Waals surface area contributed by atoms with Crippen LogP contribution in [0.4, 0.5) is 0 Å². The number of aliphatic hydroxyl groups excluding tert-OH is 2. The summed E-state index contributed by atoms with van der Waals surface area (Å²) in [6.45, 7) is 4.49. The van der Waals surface area contributed by atoms with Crippen LogP contribution in [0.15, 0.2) is 23.8 Å². The van der Waals surface area contributed by atoms with Crippen LogP contribution in [0.1, 0.15) is 48.5 Å². The SMILES string of the molecule is COCCC(=O)N(CCC(C)C)[C@@H]1C=C(C(=O)NCCO)[C@@H]2c3cc(C=O)cc(OC)c3O[C@@H]2[C@H]1O. The highest BCUT2D eigenvalue weighted by atomic mass is 16.5. The van der Waals surface area contributed by atoms with Crippen LogP contribution in [0.2, 0.25) is 0 Å². The smallest absolute Gasteiger partial charge is 0.247 e. The lowest BCUT2D eigenvalue weighted by atomic mass is 9.77. The Morgan fingerprint density at radius 1 is 1.28 bits per heavy atom. The van der Waals surface area contributed by atoms with E-state index in [9.17, 15) is 24.6 Å². The van der Waals surface area contributed by atoms with Crippen molar-refractivity contribution in [1.29, 1.82) is 0 Å². The van der Waals surface area contributed by atoms with Gasteiger partial charge < -0.3 is 34.6 Å². The van der Waals surface area contributed by atoms with Gasteiger partial charge in [-0.2, -0.15) is 0 Å². The Morgan fingerprint density at radius 2 is 2.03 bits per heavy atom. The first-order valence-electron chi connectivity index (χ1n) is 12.2. The van der Waals surface area contributed by atoms with E-state index >= 15 is 0 Å². The van der Waals surface area contributed by atoms with Gasteiger partial charge in [0.1, 0.15) is 18.5 Å². The number of ether oxygens (including phenoxy) is 3. The predicted octanol–water partition coefficient (Wildman–Crippen LogP) is 1.04. The first-order valence-corrected chi connectivity index (χ1v) is 12.2. The van der Waals surface area contributed by atoms with Gasteiger partial charge in [0.15, 0.2) is 11.5 Å². The minimum absolute atomic E-state index is 0.0377. The van der Waals surface area contributed by atoms with Gasteiger partial charge in [-0.3, -0.25) is 14.4 Å². The van der Waals surface area contributed by atoms with E-state index in [4.69, 9.17) is 14.2 Å². The standard InChI is InChI=1S/C26H36N2O8/c1-15(2)5-8-28(21(31)6-10-34-3)19-13-18(26(33)27-7-9-29)22-17-11-16(14-30)12-20(35-4)24(17)36-25(22)23(19)32/h11-15,19,22-23,25,29,32H,5-10H2,1-4H3,(H,27,33)/t19-,22+,23+,25+/m1/s1. The van der Waals surface area contributed by atoms with Crippen molar-refractivity contribution in [2.75, 3.05) is 40.5 Å². The lowest BCUT2D eigenvalue weighted by Gasteiger charge is -2.41. The molecule has 3 rings (SSSR count). The largest absolute Gasteiger partial charge is 0.493 e. The molecule has 3 N–H and O–H groups in total. The fourth-order valence-electron chi connectivity index (χ4n) is 4.73. The third-order valence-corrected chi connectivity index (χ3v) is 6.56. The Bertz CT molecular complexity index is 992. The van der Waals surface area contributed by atoms with Crippen molar-refractivity contribution in [1.82, 2.24) is 10.2 Å². The van der Waals surface area contributed by atoms with Crippen molar-refractivity contribution >= 4 is 18.1 Å². The molecule has 36 heavy (non-hydrogen) atoms. The second kappa shape index (κ2) is 12.3. The number of carbonyl (C=O) groups is 3. The maximum absolute atomic E-state index is 13.2. The fourth-order valence-corrected chi connectivity index (χ4v) is 4.73. The van der Waals surface area contributed by atoms with E-state index in [-0.39, 0.29) is 32.1 Å². The van der Waals surface area contributed by atoms with Gasteiger partial charge in [-0.25, -0.2) is 0 Å². The summed E-state index contributed by atoms with van der Waals surface area (Å²) in [5.41, 5.74) is 1.18. The van der Waals surface area contributed by atoms with E-state index in [0.717, 1.165) is 0 Å². The molecule has 0 saturated carbocycles. The number of amides is 2. The number of fused-ring (bicyclic) bond motifs is 3. The number of methoxy groups -OCH3 is 2. The highest BCUT2D eigenvalue weighted by Crippen LogP contribution is 2.51. The molecular formula is C26H36N2O8. The van der Waals surface area contributed by atoms with Gasteiger partial charge in [0.05, 0.1) is 38.7 Å². The molecule has 0 aromatic heterocycles. The Morgan fingerprint density at radius 3 is 2.64 bits per heavy atom. The first kappa shape index (κ1) is 27.6. The van der Waals surface area contributed by atoms with E-state index in [1.54, 1.807) is 17.0 Å². The summed E-state index contributed by atoms with van der Waals surface area (Å²) in [6.07, 6.45) is 1.08. The molecule has 4 atom stereocenters. The Kier molecular flexibility index (Phi) is 9.47. The molecule has 2 aliphatic rings. The lowest BCUT2D eigenvalue weighted by Crippen LogP contribution is -2.56. The summed E-state index contributed by atoms with van der Waals surface area (Å²) in [4.78, 5) is 39.6. The average molecular weight is 505 g/mol. The van der Waals surface area contributed by atoms with Crippen LogP contribution in [-0.2, 0) is 14.3 Å². The summed E-state index contributed by atoms with van der Waals surface area (Å²) in [7, 11) is 2.96. The summed E-state index contributed by atoms with van der Waals surface area (Å²) in [6, 6.07) is 2.33. The van der Waals surface area contributed by atoms with Crippen LogP contribution in [0.25, 0.3) is 0 Å². The molecule has 10 nitrogen and oxygen atoms in total. The third kappa shape index (κ3) is 5.71. The molecule has 2 amide bonds. The predicted molar refractivity (Wildman–Crippen MR) is 131 cm³/mol. The lowest BCUT2D eigenvalue weighted by molar-refractivity contribution is -0.138. The number of rotatable bonds is 12. The molecule has 1 aliphatic heterocycles. The van der Waals surface area contributed by atoms with Crippen molar-refractivity contribution in [3.05, 3.63) is 34.9 Å². The van der Waals surface area contributed by atoms with E-state index in [1.165, 1.54) is 20.3 Å². The monoisotopic (exact) mass is 504 g/mol. The zero-order valence-electron chi connectivity index (χ0n) is 21.2. The van der Waals surface area contributed by atoms with Gasteiger partial charge in [0, 0.05) is 36.9 Å². The average Bonchev–Trinajstić information content (AvgIpc) is 3.26. The number of hydrogen-bond donors (Lipinski definition) is 3. The van der Waals surface area contributed by atoms with Crippen molar-refractivity contribution in [3.8, 4) is 11.5 Å². The fraction of sp³-hybridized carbons (Fsp3) is 0.577. The van der Waals surface area contributed by atoms with Crippen molar-refractivity contribution in [2.24, 2.45) is 5.92 Å². The molecule has 1 aromatic rings. The zero-order chi connectivity index (χ0) is 26.4. The van der Waals surface area contributed by atoms with Crippen molar-refractivity contribution in [3.63, 3.8) is 0 Å². The summed E-state index contributed by atoms with van der Waals surface area (Å²) < 4.78 is 16.7. The number of hydrogen-bond acceptors (Lipinski definition) is 8. The molecule has 0 fully saturated rings. The number of nitrogens with one attached hydrogen (secondary N) is 1. The second-order valence-corrected chi connectivity index (χ2v) is 9.41. The molecule has 10 heteroatoms. The van der Waals surface area contributed by atoms with Gasteiger partial charge >= 0.3 is 0 Å². The summed E-state index contributed by atoms with van der Waals surface area (Å²) >= 11 is 0. The van der Waals surface area contributed by atoms with E-state index in [2.05, 4.69) is 5.32 Å². The summed E-state index contributed by atoms with van der Waals surface area (Å²) in [5, 5.41) is 23.4. The molecule has 198 valence electrons. The number of carbonyl (C=O) groups excluding carboxylic acids is 3. The van der Waals surface area contributed by atoms with Crippen LogP contribution in [0.3, 0.4) is 0 Å². The zero-order valence-corrected chi connectivity index (χ0v) is 21.2. The van der Waals surface area contributed by atoms with Gasteiger partial charge in [-0.05, 0) is 30.5 Å². The molecule has 0 bridgehead atoms. The number of benzene rings is 1. The van der Waals surface area contributed by atoms with E-state index < -0.39 is 30.1 Å². The summed E-state index contributed by atoms with van der Waals surface area (Å²) in [5.74, 6) is -0.377. The number of aldehydes is 1. The minimum Gasteiger partial charge on any atom is -0.493 e. The molecule has 0 saturated heterocycles. The van der Waals surface area contributed by atoms with E-state index in [0.29, 0.717) is 53.4 Å². The maximum atomic E-state index is 13.2. The van der Waals surface area contributed by atoms with Crippen LogP contribution in [0, 0.1) is 5.92 Å². The molecule has 0 radical (unpaired) electrons. The Hall–Kier alpha value is -2.95. The quantitative estimate of drug-likeness (QED) is 0.360. The highest BCUT2D eigenvalue weighted by molar-refractivity contribution is 5.96. The number of aliphatic hydroxyl groups is 2. The third-order valence-electron chi connectivity index (χ3n) is 6.56. The Balaban J connectivity index is 2.10. The Labute approximate surface area is 211 Å². The van der Waals surface area contributed by atoms with Gasteiger partial charge in [-0.1, -0.05) is 13.8 Å². The van der Waals surface area contributed by atoms with Gasteiger partial charge in [-0.15, -0.1) is 0 Å². The minimum atomic E-state index is -1.15. The van der Waals surface area contributed by atoms with Gasteiger partial charge in [0.25, 0.3) is 0 Å². The molecule has 1 aliphatic carbocycles. The molecule has 0 spiro atoms. The van der Waals surface area contributed by atoms with Crippen LogP contribution >= 0.6 is 0 Å². The molecule has 0 unspecified atom stereocenters. The molecule has 1 aromatic carbocycles.